The zero-order chi connectivity index (χ0) is 23.5. The second kappa shape index (κ2) is 11.1. The van der Waals surface area contributed by atoms with Crippen LogP contribution in [0.5, 0.6) is 0 Å². The number of aromatic nitrogens is 1. The molecular formula is C26H44NO4P. The van der Waals surface area contributed by atoms with Crippen molar-refractivity contribution in [1.82, 2.24) is 4.98 Å². The molecule has 1 aromatic heterocycles. The van der Waals surface area contributed by atoms with Crippen LogP contribution in [0.15, 0.2) is 24.5 Å². The van der Waals surface area contributed by atoms with E-state index in [0.717, 1.165) is 38.5 Å². The number of aliphatic hydroxyl groups excluding tert-OH is 1. The molecule has 2 aliphatic carbocycles. The second-order valence-electron chi connectivity index (χ2n) is 11.1. The Kier molecular flexibility index (Phi) is 8.99. The summed E-state index contributed by atoms with van der Waals surface area (Å²) in [6, 6.07) is 3.51. The first kappa shape index (κ1) is 25.9. The van der Waals surface area contributed by atoms with Crippen molar-refractivity contribution in [3.63, 3.8) is 0 Å². The van der Waals surface area contributed by atoms with Crippen molar-refractivity contribution in [2.75, 3.05) is 0 Å². The second-order valence-corrected chi connectivity index (χ2v) is 13.1. The molecule has 1 aromatic rings. The Hall–Kier alpha value is -0.740. The number of aliphatic hydroxyl groups is 1. The van der Waals surface area contributed by atoms with Crippen molar-refractivity contribution in [3.8, 4) is 0 Å². The van der Waals surface area contributed by atoms with Gasteiger partial charge in [0, 0.05) is 18.0 Å². The first-order valence-electron chi connectivity index (χ1n) is 12.6. The quantitative estimate of drug-likeness (QED) is 0.410. The molecule has 1 heterocycles. The Morgan fingerprint density at radius 3 is 1.84 bits per heavy atom. The van der Waals surface area contributed by atoms with Gasteiger partial charge in [-0.15, -0.1) is 0 Å². The predicted molar refractivity (Wildman–Crippen MR) is 129 cm³/mol. The van der Waals surface area contributed by atoms with E-state index in [-0.39, 0.29) is 12.2 Å². The molecule has 0 aromatic carbocycles. The van der Waals surface area contributed by atoms with E-state index in [9.17, 15) is 9.67 Å². The lowest BCUT2D eigenvalue weighted by molar-refractivity contribution is -0.0154. The van der Waals surface area contributed by atoms with Gasteiger partial charge in [-0.1, -0.05) is 60.5 Å². The maximum atomic E-state index is 14.5. The molecule has 5 nitrogen and oxygen atoms in total. The van der Waals surface area contributed by atoms with Crippen molar-refractivity contribution in [3.05, 3.63) is 30.1 Å². The maximum absolute atomic E-state index is 14.5. The third-order valence-corrected chi connectivity index (χ3v) is 9.80. The molecule has 1 unspecified atom stereocenters. The van der Waals surface area contributed by atoms with Crippen LogP contribution in [0.25, 0.3) is 0 Å². The van der Waals surface area contributed by atoms with Gasteiger partial charge in [-0.3, -0.25) is 9.55 Å². The van der Waals surface area contributed by atoms with Gasteiger partial charge in [0.05, 0.1) is 12.2 Å². The normalized spacial score (nSPS) is 34.4. The Balaban J connectivity index is 1.92. The summed E-state index contributed by atoms with van der Waals surface area (Å²) in [5, 5.41) is 11.3. The molecule has 2 saturated carbocycles. The van der Waals surface area contributed by atoms with Crippen LogP contribution in [0.1, 0.15) is 91.5 Å². The number of hydrogen-bond acceptors (Lipinski definition) is 5. The van der Waals surface area contributed by atoms with Crippen LogP contribution in [-0.2, 0) is 13.6 Å². The van der Waals surface area contributed by atoms with Crippen molar-refractivity contribution in [2.24, 2.45) is 35.5 Å². The van der Waals surface area contributed by atoms with Crippen LogP contribution in [0, 0.1) is 35.5 Å². The molecule has 2 fully saturated rings. The van der Waals surface area contributed by atoms with Crippen molar-refractivity contribution < 1.29 is 18.7 Å². The highest BCUT2D eigenvalue weighted by molar-refractivity contribution is 7.54. The van der Waals surface area contributed by atoms with Gasteiger partial charge >= 0.3 is 7.60 Å². The monoisotopic (exact) mass is 465 g/mol. The van der Waals surface area contributed by atoms with Gasteiger partial charge in [-0.2, -0.15) is 0 Å². The first-order chi connectivity index (χ1) is 15.1. The highest BCUT2D eigenvalue weighted by atomic mass is 31.2. The third kappa shape index (κ3) is 6.23. The van der Waals surface area contributed by atoms with E-state index < -0.39 is 13.4 Å². The summed E-state index contributed by atoms with van der Waals surface area (Å²) in [5.74, 6) is 1.18. The van der Waals surface area contributed by atoms with E-state index in [0.29, 0.717) is 41.1 Å². The van der Waals surface area contributed by atoms with Gasteiger partial charge in [0.15, 0.2) is 5.85 Å². The smallest absolute Gasteiger partial charge is 0.364 e. The number of pyridine rings is 1. The minimum absolute atomic E-state index is 0.172. The summed E-state index contributed by atoms with van der Waals surface area (Å²) < 4.78 is 27.4. The molecular weight excluding hydrogens is 421 g/mol. The van der Waals surface area contributed by atoms with Crippen LogP contribution >= 0.6 is 7.60 Å². The highest BCUT2D eigenvalue weighted by Gasteiger charge is 2.46. The summed E-state index contributed by atoms with van der Waals surface area (Å²) >= 11 is 0. The minimum atomic E-state index is -3.86. The van der Waals surface area contributed by atoms with Gasteiger partial charge in [0.25, 0.3) is 0 Å². The molecule has 0 bridgehead atoms. The van der Waals surface area contributed by atoms with E-state index in [1.165, 1.54) is 0 Å². The topological polar surface area (TPSA) is 68.7 Å². The van der Waals surface area contributed by atoms with E-state index in [2.05, 4.69) is 46.5 Å². The molecule has 8 atom stereocenters. The zero-order valence-electron chi connectivity index (χ0n) is 20.8. The summed E-state index contributed by atoms with van der Waals surface area (Å²) in [7, 11) is -3.86. The maximum Gasteiger partial charge on any atom is 0.364 e. The van der Waals surface area contributed by atoms with Gasteiger partial charge in [0.2, 0.25) is 0 Å². The van der Waals surface area contributed by atoms with Gasteiger partial charge < -0.3 is 14.2 Å². The average Bonchev–Trinajstić information content (AvgIpc) is 2.73. The molecule has 1 N–H and O–H groups in total. The zero-order valence-corrected chi connectivity index (χ0v) is 21.7. The van der Waals surface area contributed by atoms with Crippen molar-refractivity contribution in [1.29, 1.82) is 0 Å². The molecule has 0 saturated heterocycles. The lowest BCUT2D eigenvalue weighted by atomic mass is 9.75. The SMILES string of the molecule is CC(C)[C@H]1CC[C@H](C)C[C@H]1OP(=O)(O[C@H]1C[C@H](C)CC[C@H]1C(C)C)[C@@H](O)c1cccnc1. The van der Waals surface area contributed by atoms with Crippen molar-refractivity contribution in [2.45, 2.75) is 98.1 Å². The molecule has 0 spiro atoms. The lowest BCUT2D eigenvalue weighted by Gasteiger charge is -2.42. The fourth-order valence-electron chi connectivity index (χ4n) is 5.70. The summed E-state index contributed by atoms with van der Waals surface area (Å²) in [6.07, 6.45) is 9.01. The fraction of sp³-hybridized carbons (Fsp3) is 0.808. The number of rotatable bonds is 8. The van der Waals surface area contributed by atoms with Crippen molar-refractivity contribution >= 4 is 7.60 Å². The Morgan fingerprint density at radius 2 is 1.44 bits per heavy atom. The summed E-state index contributed by atoms with van der Waals surface area (Å²) in [4.78, 5) is 4.13. The molecule has 0 amide bonds. The number of nitrogens with zero attached hydrogens (tertiary/aromatic N) is 1. The van der Waals surface area contributed by atoms with Gasteiger partial charge in [-0.25, -0.2) is 0 Å². The Bertz CT molecular complexity index is 717. The van der Waals surface area contributed by atoms with Crippen LogP contribution in [0.2, 0.25) is 0 Å². The Labute approximate surface area is 195 Å². The summed E-state index contributed by atoms with van der Waals surface area (Å²) in [5.41, 5.74) is 0.491. The standard InChI is InChI=1S/C26H44NO4P/c1-17(2)22-11-9-19(5)14-24(22)30-32(29,26(28)21-8-7-13-27-16-21)31-25-15-20(6)10-12-23(25)18(3)4/h7-8,13,16-20,22-26,28H,9-12,14-15H2,1-6H3/t19-,20+,22+,23-,24+,25-,26-,32?/m1/s1. The molecule has 2 aliphatic rings. The largest absolute Gasteiger partial charge is 0.376 e. The van der Waals surface area contributed by atoms with Gasteiger partial charge in [-0.05, 0) is 67.3 Å². The van der Waals surface area contributed by atoms with Crippen LogP contribution in [0.3, 0.4) is 0 Å². The van der Waals surface area contributed by atoms with Crippen LogP contribution in [0.4, 0.5) is 0 Å². The molecule has 32 heavy (non-hydrogen) atoms. The van der Waals surface area contributed by atoms with Gasteiger partial charge in [0.1, 0.15) is 0 Å². The molecule has 6 heteroatoms. The average molecular weight is 466 g/mol. The highest BCUT2D eigenvalue weighted by Crippen LogP contribution is 2.64. The molecule has 182 valence electrons. The molecule has 0 radical (unpaired) electrons. The fourth-order valence-corrected chi connectivity index (χ4v) is 7.74. The van der Waals surface area contributed by atoms with E-state index in [1.54, 1.807) is 24.5 Å². The number of hydrogen-bond donors (Lipinski definition) is 1. The minimum Gasteiger partial charge on any atom is -0.376 e. The molecule has 3 rings (SSSR count). The third-order valence-electron chi connectivity index (χ3n) is 7.77. The van der Waals surface area contributed by atoms with E-state index in [1.807, 2.05) is 0 Å². The Morgan fingerprint density at radius 1 is 0.938 bits per heavy atom. The van der Waals surface area contributed by atoms with E-state index >= 15 is 0 Å². The van der Waals surface area contributed by atoms with Crippen LogP contribution in [-0.4, -0.2) is 22.3 Å². The summed E-state index contributed by atoms with van der Waals surface area (Å²) in [6.45, 7) is 13.3. The molecule has 0 aliphatic heterocycles. The van der Waals surface area contributed by atoms with E-state index in [4.69, 9.17) is 9.05 Å². The first-order valence-corrected chi connectivity index (χ1v) is 14.3. The predicted octanol–water partition coefficient (Wildman–Crippen LogP) is 7.22. The lowest BCUT2D eigenvalue weighted by Crippen LogP contribution is -2.37. The van der Waals surface area contributed by atoms with Crippen LogP contribution < -0.4 is 0 Å².